The van der Waals surface area contributed by atoms with Crippen LogP contribution in [-0.2, 0) is 42.9 Å². The lowest BCUT2D eigenvalue weighted by Gasteiger charge is -2.22. The molecule has 7 N–H and O–H groups in total. The van der Waals surface area contributed by atoms with Crippen LogP contribution in [0.2, 0.25) is 0 Å². The zero-order valence-corrected chi connectivity index (χ0v) is 26.2. The summed E-state index contributed by atoms with van der Waals surface area (Å²) < 4.78 is 59.9. The number of ether oxygens (including phenoxy) is 2. The number of anilines is 1. The molecule has 1 saturated heterocycles. The minimum atomic E-state index is -5.73. The Hall–Kier alpha value is -2.67. The Morgan fingerprint density at radius 2 is 1.82 bits per heavy atom. The van der Waals surface area contributed by atoms with E-state index in [2.05, 4.69) is 23.1 Å². The van der Waals surface area contributed by atoms with Gasteiger partial charge in [-0.1, -0.05) is 26.0 Å². The fourth-order valence-corrected chi connectivity index (χ4v) is 7.77. The van der Waals surface area contributed by atoms with E-state index in [9.17, 15) is 38.7 Å². The zero-order chi connectivity index (χ0) is 33.3. The normalized spacial score (nSPS) is 22.4. The number of hydrogen-bond acceptors (Lipinski definition) is 14. The highest BCUT2D eigenvalue weighted by molar-refractivity contribution is 7.66. The van der Waals surface area contributed by atoms with Crippen molar-refractivity contribution in [3.63, 3.8) is 0 Å². The molecular formula is C22H30N5O15P3. The van der Waals surface area contributed by atoms with Crippen LogP contribution in [-0.4, -0.2) is 63.0 Å². The molecule has 248 valence electrons. The molecule has 3 heterocycles. The number of hydrogen-bond donors (Lipinski definition) is 6. The summed E-state index contributed by atoms with van der Waals surface area (Å²) in [7, 11) is -16.8. The quantitative estimate of drug-likeness (QED) is 0.0801. The second kappa shape index (κ2) is 13.6. The maximum atomic E-state index is 12.1. The second-order valence-corrected chi connectivity index (χ2v) is 14.5. The highest BCUT2D eigenvalue weighted by Crippen LogP contribution is 2.66. The van der Waals surface area contributed by atoms with E-state index in [4.69, 9.17) is 25.0 Å². The highest BCUT2D eigenvalue weighted by atomic mass is 31.3. The number of benzene rings is 1. The maximum absolute atomic E-state index is 12.1. The number of aliphatic hydroxyl groups is 1. The van der Waals surface area contributed by atoms with E-state index in [1.54, 1.807) is 24.4 Å². The van der Waals surface area contributed by atoms with Gasteiger partial charge in [-0.15, -0.1) is 0 Å². The molecule has 20 nitrogen and oxygen atoms in total. The van der Waals surface area contributed by atoms with Gasteiger partial charge in [-0.05, 0) is 12.0 Å². The number of rotatable bonds is 14. The van der Waals surface area contributed by atoms with Crippen LogP contribution in [0.4, 0.5) is 11.5 Å². The molecule has 6 atom stereocenters. The predicted molar refractivity (Wildman–Crippen MR) is 152 cm³/mol. The summed E-state index contributed by atoms with van der Waals surface area (Å²) in [5, 5.41) is 22.6. The lowest BCUT2D eigenvalue weighted by Crippen LogP contribution is -2.26. The van der Waals surface area contributed by atoms with Crippen LogP contribution in [0.15, 0.2) is 36.8 Å². The first-order valence-electron chi connectivity index (χ1n) is 12.9. The number of aliphatic hydroxyl groups excluding tert-OH is 1. The fraction of sp³-hybridized carbons (Fsp3) is 0.455. The minimum absolute atomic E-state index is 0.0826. The van der Waals surface area contributed by atoms with Crippen LogP contribution in [0.3, 0.4) is 0 Å². The predicted octanol–water partition coefficient (Wildman–Crippen LogP) is 2.83. The van der Waals surface area contributed by atoms with Gasteiger partial charge < -0.3 is 44.5 Å². The Morgan fingerprint density at radius 1 is 1.13 bits per heavy atom. The van der Waals surface area contributed by atoms with E-state index in [0.717, 1.165) is 0 Å². The van der Waals surface area contributed by atoms with Gasteiger partial charge in [-0.25, -0.2) is 23.7 Å². The summed E-state index contributed by atoms with van der Waals surface area (Å²) in [5.74, 6) is -0.0800. The number of phosphoric acid groups is 3. The lowest BCUT2D eigenvalue weighted by atomic mass is 9.97. The standard InChI is InChI=1S/C22H30N5O15P3/c1-12(2)20(14-5-3-4-6-15(14)27(29)30)38-9-13-8-26(22-19(13)21(23)24-11-25-22)18-7-16(28)17(40-18)10-39-44(34,35)42-45(36,37)41-43(31,32)33/h3-6,8,11-12,16-18,20,28H,7,9-10H2,1-2H3,(H,34,35)(H,36,37)(H2,23,24,25)(H2,31,32,33)/t16-,17+,18+,20?/m0/s1. The Balaban J connectivity index is 1.52. The van der Waals surface area contributed by atoms with Gasteiger partial charge in [0.25, 0.3) is 5.69 Å². The fourth-order valence-electron chi connectivity index (χ4n) is 4.74. The summed E-state index contributed by atoms with van der Waals surface area (Å²) >= 11 is 0. The molecule has 4 rings (SSSR count). The number of nitrogens with zero attached hydrogens (tertiary/aromatic N) is 4. The van der Waals surface area contributed by atoms with E-state index >= 15 is 0 Å². The van der Waals surface area contributed by atoms with Gasteiger partial charge in [0.2, 0.25) is 0 Å². The molecule has 0 radical (unpaired) electrons. The third kappa shape index (κ3) is 8.78. The topological polar surface area (TPSA) is 298 Å². The number of nitro benzene ring substituents is 1. The lowest BCUT2D eigenvalue weighted by molar-refractivity contribution is -0.386. The van der Waals surface area contributed by atoms with Crippen LogP contribution >= 0.6 is 23.5 Å². The minimum Gasteiger partial charge on any atom is -0.390 e. The average Bonchev–Trinajstić information content (AvgIpc) is 3.46. The van der Waals surface area contributed by atoms with E-state index in [1.165, 1.54) is 17.0 Å². The van der Waals surface area contributed by atoms with Gasteiger partial charge in [-0.3, -0.25) is 14.6 Å². The third-order valence-electron chi connectivity index (χ3n) is 6.51. The van der Waals surface area contributed by atoms with E-state index in [-0.39, 0.29) is 36.1 Å². The van der Waals surface area contributed by atoms with Crippen molar-refractivity contribution in [1.82, 2.24) is 14.5 Å². The van der Waals surface area contributed by atoms with Crippen molar-refractivity contribution >= 4 is 46.0 Å². The van der Waals surface area contributed by atoms with E-state index < -0.39 is 59.5 Å². The average molecular weight is 697 g/mol. The molecule has 3 aromatic rings. The number of nitrogens with two attached hydrogens (primary N) is 1. The van der Waals surface area contributed by atoms with Crippen molar-refractivity contribution in [3.05, 3.63) is 58.0 Å². The molecule has 0 aliphatic carbocycles. The maximum Gasteiger partial charge on any atom is 0.490 e. The van der Waals surface area contributed by atoms with Crippen molar-refractivity contribution in [2.75, 3.05) is 12.3 Å². The van der Waals surface area contributed by atoms with Gasteiger partial charge >= 0.3 is 23.5 Å². The van der Waals surface area contributed by atoms with E-state index in [1.807, 2.05) is 13.8 Å². The van der Waals surface area contributed by atoms with E-state index in [0.29, 0.717) is 16.5 Å². The molecule has 0 spiro atoms. The van der Waals surface area contributed by atoms with Crippen molar-refractivity contribution in [1.29, 1.82) is 0 Å². The number of fused-ring (bicyclic) bond motifs is 1. The van der Waals surface area contributed by atoms with Crippen molar-refractivity contribution in [3.8, 4) is 0 Å². The molecular weight excluding hydrogens is 667 g/mol. The summed E-state index contributed by atoms with van der Waals surface area (Å²) in [5.41, 5.74) is 7.20. The Morgan fingerprint density at radius 3 is 2.47 bits per heavy atom. The molecule has 1 fully saturated rings. The zero-order valence-electron chi connectivity index (χ0n) is 23.5. The summed E-state index contributed by atoms with van der Waals surface area (Å²) in [4.78, 5) is 55.8. The van der Waals surface area contributed by atoms with Crippen LogP contribution in [0.5, 0.6) is 0 Å². The molecule has 0 amide bonds. The first-order valence-corrected chi connectivity index (χ1v) is 17.5. The number of nitro groups is 1. The third-order valence-corrected chi connectivity index (χ3v) is 10.3. The molecule has 45 heavy (non-hydrogen) atoms. The number of aromatic nitrogens is 3. The summed E-state index contributed by atoms with van der Waals surface area (Å²) in [6, 6.07) is 6.22. The highest BCUT2D eigenvalue weighted by Gasteiger charge is 2.43. The summed E-state index contributed by atoms with van der Waals surface area (Å²) in [6.07, 6.45) is -1.54. The first-order chi connectivity index (χ1) is 20.9. The van der Waals surface area contributed by atoms with Gasteiger partial charge in [0.05, 0.1) is 41.3 Å². The molecule has 1 aliphatic heterocycles. The SMILES string of the molecule is CC(C)C(OCc1cn([C@H]2C[C@H](O)[C@@H](COP(=O)(O)OP(=O)(O)OP(=O)(O)O)O2)c2ncnc(N)c12)c1ccccc1[N+](=O)[O-]. The van der Waals surface area contributed by atoms with Gasteiger partial charge in [0.1, 0.15) is 30.1 Å². The molecule has 1 aromatic carbocycles. The number of para-hydroxylation sites is 1. The molecule has 23 heteroatoms. The molecule has 3 unspecified atom stereocenters. The van der Waals surface area contributed by atoms with Gasteiger partial charge in [0, 0.05) is 24.2 Å². The van der Waals surface area contributed by atoms with Crippen LogP contribution in [0, 0.1) is 16.0 Å². The van der Waals surface area contributed by atoms with Crippen molar-refractivity contribution < 1.29 is 65.9 Å². The molecule has 0 saturated carbocycles. The monoisotopic (exact) mass is 697 g/mol. The number of nitrogen functional groups attached to an aromatic ring is 1. The Bertz CT molecular complexity index is 1700. The second-order valence-electron chi connectivity index (χ2n) is 10.1. The van der Waals surface area contributed by atoms with Crippen LogP contribution < -0.4 is 5.73 Å². The van der Waals surface area contributed by atoms with Crippen molar-refractivity contribution in [2.45, 2.75) is 51.4 Å². The number of phosphoric ester groups is 1. The Labute approximate surface area is 254 Å². The Kier molecular flexibility index (Phi) is 10.6. The smallest absolute Gasteiger partial charge is 0.390 e. The largest absolute Gasteiger partial charge is 0.490 e. The van der Waals surface area contributed by atoms with Crippen molar-refractivity contribution in [2.24, 2.45) is 5.92 Å². The van der Waals surface area contributed by atoms with Crippen LogP contribution in [0.1, 0.15) is 43.7 Å². The molecule has 0 bridgehead atoms. The molecule has 1 aliphatic rings. The van der Waals surface area contributed by atoms with Gasteiger partial charge in [0.15, 0.2) is 0 Å². The van der Waals surface area contributed by atoms with Gasteiger partial charge in [-0.2, -0.15) is 8.62 Å². The first kappa shape index (κ1) is 35.2. The summed E-state index contributed by atoms with van der Waals surface area (Å²) in [6.45, 7) is 2.75. The van der Waals surface area contributed by atoms with Crippen LogP contribution in [0.25, 0.3) is 11.0 Å². The molecule has 2 aromatic heterocycles.